The van der Waals surface area contributed by atoms with Gasteiger partial charge in [0.2, 0.25) is 0 Å². The Morgan fingerprint density at radius 3 is 2.76 bits per heavy atom. The van der Waals surface area contributed by atoms with E-state index in [0.717, 1.165) is 23.4 Å². The molecule has 1 atom stereocenters. The van der Waals surface area contributed by atoms with Gasteiger partial charge in [0.15, 0.2) is 11.5 Å². The van der Waals surface area contributed by atoms with Gasteiger partial charge in [-0.05, 0) is 42.3 Å². The van der Waals surface area contributed by atoms with Crippen molar-refractivity contribution in [2.45, 2.75) is 19.5 Å². The molecule has 0 radical (unpaired) electrons. The van der Waals surface area contributed by atoms with Crippen LogP contribution >= 0.6 is 11.6 Å². The minimum atomic E-state index is -0.269. The fourth-order valence-corrected chi connectivity index (χ4v) is 3.46. The molecule has 2 aliphatic rings. The maximum atomic E-state index is 13.0. The first kappa shape index (κ1) is 16.1. The standard InChI is InChI=1S/C19H19ClN2O3/c1-2-7-22-18(12-3-6-16-17(10-12)25-9-8-24-16)21-15-11-13(20)4-5-14(15)19(22)23/h3-6,10-11,18,21H,2,7-9H2,1H3. The van der Waals surface area contributed by atoms with E-state index in [1.54, 1.807) is 18.2 Å². The lowest BCUT2D eigenvalue weighted by Gasteiger charge is -2.38. The maximum Gasteiger partial charge on any atom is 0.257 e. The van der Waals surface area contributed by atoms with Crippen molar-refractivity contribution in [3.63, 3.8) is 0 Å². The summed E-state index contributed by atoms with van der Waals surface area (Å²) in [6.45, 7) is 3.81. The lowest BCUT2D eigenvalue weighted by atomic mass is 10.0. The number of hydrogen-bond donors (Lipinski definition) is 1. The molecule has 130 valence electrons. The van der Waals surface area contributed by atoms with Crippen LogP contribution in [0.5, 0.6) is 11.5 Å². The van der Waals surface area contributed by atoms with Gasteiger partial charge in [-0.25, -0.2) is 0 Å². The summed E-state index contributed by atoms with van der Waals surface area (Å²) >= 11 is 6.11. The number of rotatable bonds is 3. The first-order valence-corrected chi connectivity index (χ1v) is 8.82. The highest BCUT2D eigenvalue weighted by Gasteiger charge is 2.33. The van der Waals surface area contributed by atoms with Crippen molar-refractivity contribution in [1.82, 2.24) is 4.90 Å². The normalized spacial score (nSPS) is 18.6. The number of carbonyl (C=O) groups is 1. The highest BCUT2D eigenvalue weighted by atomic mass is 35.5. The molecular formula is C19H19ClN2O3. The summed E-state index contributed by atoms with van der Waals surface area (Å²) in [6, 6.07) is 11.1. The van der Waals surface area contributed by atoms with Crippen LogP contribution in [0.2, 0.25) is 5.02 Å². The van der Waals surface area contributed by atoms with Crippen LogP contribution < -0.4 is 14.8 Å². The van der Waals surface area contributed by atoms with E-state index in [4.69, 9.17) is 21.1 Å². The molecule has 1 unspecified atom stereocenters. The van der Waals surface area contributed by atoms with Gasteiger partial charge in [-0.3, -0.25) is 4.79 Å². The van der Waals surface area contributed by atoms with Crippen molar-refractivity contribution in [2.75, 3.05) is 25.1 Å². The SMILES string of the molecule is CCCN1C(=O)c2ccc(Cl)cc2NC1c1ccc2c(c1)OCCO2. The molecule has 0 aromatic heterocycles. The monoisotopic (exact) mass is 358 g/mol. The van der Waals surface area contributed by atoms with Gasteiger partial charge in [0.25, 0.3) is 5.91 Å². The number of fused-ring (bicyclic) bond motifs is 2. The molecule has 0 spiro atoms. The molecule has 0 bridgehead atoms. The highest BCUT2D eigenvalue weighted by molar-refractivity contribution is 6.31. The van der Waals surface area contributed by atoms with Crippen molar-refractivity contribution >= 4 is 23.2 Å². The Balaban J connectivity index is 1.75. The molecule has 2 aliphatic heterocycles. The number of carbonyl (C=O) groups excluding carboxylic acids is 1. The Labute approximate surface area is 151 Å². The molecule has 0 saturated carbocycles. The lowest BCUT2D eigenvalue weighted by molar-refractivity contribution is 0.0682. The number of halogens is 1. The van der Waals surface area contributed by atoms with Crippen LogP contribution in [0.1, 0.15) is 35.4 Å². The van der Waals surface area contributed by atoms with Crippen LogP contribution in [0.25, 0.3) is 0 Å². The Kier molecular flexibility index (Phi) is 4.17. The number of hydrogen-bond acceptors (Lipinski definition) is 4. The largest absolute Gasteiger partial charge is 0.486 e. The summed E-state index contributed by atoms with van der Waals surface area (Å²) in [5, 5.41) is 4.05. The summed E-state index contributed by atoms with van der Waals surface area (Å²) in [4.78, 5) is 14.8. The molecule has 0 saturated heterocycles. The fraction of sp³-hybridized carbons (Fsp3) is 0.316. The molecule has 0 fully saturated rings. The van der Waals surface area contributed by atoms with E-state index < -0.39 is 0 Å². The Bertz CT molecular complexity index is 824. The Morgan fingerprint density at radius 2 is 1.96 bits per heavy atom. The van der Waals surface area contributed by atoms with Gasteiger partial charge >= 0.3 is 0 Å². The molecule has 25 heavy (non-hydrogen) atoms. The number of nitrogens with zero attached hydrogens (tertiary/aromatic N) is 1. The number of benzene rings is 2. The first-order chi connectivity index (χ1) is 12.2. The third kappa shape index (κ3) is 2.89. The van der Waals surface area contributed by atoms with Gasteiger partial charge < -0.3 is 19.7 Å². The van der Waals surface area contributed by atoms with Gasteiger partial charge in [0.05, 0.1) is 11.3 Å². The predicted octanol–water partition coefficient (Wildman–Crippen LogP) is 4.09. The Morgan fingerprint density at radius 1 is 1.16 bits per heavy atom. The van der Waals surface area contributed by atoms with E-state index in [0.29, 0.717) is 36.1 Å². The number of nitrogens with one attached hydrogen (secondary N) is 1. The summed E-state index contributed by atoms with van der Waals surface area (Å²) in [7, 11) is 0. The van der Waals surface area contributed by atoms with Crippen molar-refractivity contribution in [3.8, 4) is 11.5 Å². The van der Waals surface area contributed by atoms with Gasteiger partial charge in [-0.2, -0.15) is 0 Å². The molecule has 4 rings (SSSR count). The number of anilines is 1. The van der Waals surface area contributed by atoms with E-state index in [2.05, 4.69) is 12.2 Å². The van der Waals surface area contributed by atoms with Crippen molar-refractivity contribution in [1.29, 1.82) is 0 Å². The second-order valence-corrected chi connectivity index (χ2v) is 6.57. The number of ether oxygens (including phenoxy) is 2. The lowest BCUT2D eigenvalue weighted by Crippen LogP contribution is -2.43. The van der Waals surface area contributed by atoms with Crippen molar-refractivity contribution < 1.29 is 14.3 Å². The highest BCUT2D eigenvalue weighted by Crippen LogP contribution is 2.38. The zero-order valence-electron chi connectivity index (χ0n) is 13.9. The number of amides is 1. The first-order valence-electron chi connectivity index (χ1n) is 8.44. The molecule has 2 aromatic rings. The third-order valence-electron chi connectivity index (χ3n) is 4.42. The van der Waals surface area contributed by atoms with Crippen LogP contribution in [-0.4, -0.2) is 30.6 Å². The minimum Gasteiger partial charge on any atom is -0.486 e. The van der Waals surface area contributed by atoms with E-state index in [1.807, 2.05) is 23.1 Å². The minimum absolute atomic E-state index is 0.00663. The van der Waals surface area contributed by atoms with E-state index >= 15 is 0 Å². The van der Waals surface area contributed by atoms with Crippen LogP contribution in [-0.2, 0) is 0 Å². The maximum absolute atomic E-state index is 13.0. The zero-order chi connectivity index (χ0) is 17.4. The molecular weight excluding hydrogens is 340 g/mol. The molecule has 6 heteroatoms. The summed E-state index contributed by atoms with van der Waals surface area (Å²) in [6.07, 6.45) is 0.603. The molecule has 2 aromatic carbocycles. The fourth-order valence-electron chi connectivity index (χ4n) is 3.28. The average Bonchev–Trinajstić information content (AvgIpc) is 2.63. The van der Waals surface area contributed by atoms with Crippen molar-refractivity contribution in [3.05, 3.63) is 52.5 Å². The summed E-state index contributed by atoms with van der Waals surface area (Å²) in [5.74, 6) is 1.46. The Hall–Kier alpha value is -2.40. The average molecular weight is 359 g/mol. The molecule has 2 heterocycles. The summed E-state index contributed by atoms with van der Waals surface area (Å²) in [5.41, 5.74) is 2.35. The molecule has 1 N–H and O–H groups in total. The quantitative estimate of drug-likeness (QED) is 0.897. The second-order valence-electron chi connectivity index (χ2n) is 6.14. The summed E-state index contributed by atoms with van der Waals surface area (Å²) < 4.78 is 11.3. The zero-order valence-corrected chi connectivity index (χ0v) is 14.7. The van der Waals surface area contributed by atoms with Crippen molar-refractivity contribution in [2.24, 2.45) is 0 Å². The van der Waals surface area contributed by atoms with Crippen LogP contribution in [0, 0.1) is 0 Å². The van der Waals surface area contributed by atoms with Gasteiger partial charge in [-0.1, -0.05) is 24.6 Å². The van der Waals surface area contributed by atoms with E-state index in [9.17, 15) is 4.79 Å². The molecule has 5 nitrogen and oxygen atoms in total. The second kappa shape index (κ2) is 6.48. The van der Waals surface area contributed by atoms with E-state index in [1.165, 1.54) is 0 Å². The van der Waals surface area contributed by atoms with Gasteiger partial charge in [-0.15, -0.1) is 0 Å². The molecule has 0 aliphatic carbocycles. The topological polar surface area (TPSA) is 50.8 Å². The third-order valence-corrected chi connectivity index (χ3v) is 4.66. The molecule has 1 amide bonds. The van der Waals surface area contributed by atoms with E-state index in [-0.39, 0.29) is 12.1 Å². The van der Waals surface area contributed by atoms with Crippen LogP contribution in [0.15, 0.2) is 36.4 Å². The van der Waals surface area contributed by atoms with Crippen LogP contribution in [0.4, 0.5) is 5.69 Å². The van der Waals surface area contributed by atoms with Crippen LogP contribution in [0.3, 0.4) is 0 Å². The van der Waals surface area contributed by atoms with Gasteiger partial charge in [0, 0.05) is 11.6 Å². The smallest absolute Gasteiger partial charge is 0.257 e. The predicted molar refractivity (Wildman–Crippen MR) is 96.6 cm³/mol. The van der Waals surface area contributed by atoms with Gasteiger partial charge in [0.1, 0.15) is 19.4 Å².